The average molecular weight is 178 g/mol. The van der Waals surface area contributed by atoms with Gasteiger partial charge in [-0.2, -0.15) is 25.3 Å². The van der Waals surface area contributed by atoms with Crippen LogP contribution in [0.4, 0.5) is 0 Å². The van der Waals surface area contributed by atoms with Crippen LogP contribution in [0.1, 0.15) is 27.7 Å². The molecule has 3 heteroatoms. The summed E-state index contributed by atoms with van der Waals surface area (Å²) < 4.78 is -1.16. The molecule has 0 aliphatic carbocycles. The quantitative estimate of drug-likeness (QED) is 0.618. The number of thiol groups is 2. The molecule has 0 saturated carbocycles. The van der Waals surface area contributed by atoms with E-state index in [1.54, 1.807) is 27.7 Å². The molecule has 0 N–H and O–H groups in total. The summed E-state index contributed by atoms with van der Waals surface area (Å²) in [6.07, 6.45) is 0. The molecule has 0 heterocycles. The van der Waals surface area contributed by atoms with E-state index in [9.17, 15) is 4.79 Å². The molecule has 0 spiro atoms. The summed E-state index contributed by atoms with van der Waals surface area (Å²) in [6.45, 7) is 7.10. The van der Waals surface area contributed by atoms with Gasteiger partial charge in [-0.05, 0) is 27.7 Å². The highest BCUT2D eigenvalue weighted by molar-refractivity contribution is 7.84. The van der Waals surface area contributed by atoms with Gasteiger partial charge in [0.15, 0.2) is 5.78 Å². The molecule has 0 aliphatic heterocycles. The van der Waals surface area contributed by atoms with Crippen molar-refractivity contribution in [3.05, 3.63) is 0 Å². The highest BCUT2D eigenvalue weighted by atomic mass is 32.1. The van der Waals surface area contributed by atoms with Gasteiger partial charge >= 0.3 is 0 Å². The smallest absolute Gasteiger partial charge is 0.163 e. The third kappa shape index (κ3) is 2.97. The summed E-state index contributed by atoms with van der Waals surface area (Å²) in [6, 6.07) is 0. The summed E-state index contributed by atoms with van der Waals surface area (Å²) in [5.74, 6) is 0.0478. The predicted molar refractivity (Wildman–Crippen MR) is 51.1 cm³/mol. The Kier molecular flexibility index (Phi) is 2.88. The Morgan fingerprint density at radius 1 is 1.00 bits per heavy atom. The molecule has 0 atom stereocenters. The summed E-state index contributed by atoms with van der Waals surface area (Å²) in [5, 5.41) is 0. The monoisotopic (exact) mass is 178 g/mol. The maximum atomic E-state index is 11.3. The number of ketones is 1. The highest BCUT2D eigenvalue weighted by Gasteiger charge is 2.33. The van der Waals surface area contributed by atoms with Gasteiger partial charge in [-0.3, -0.25) is 4.79 Å². The second kappa shape index (κ2) is 2.78. The lowest BCUT2D eigenvalue weighted by molar-refractivity contribution is -0.122. The van der Waals surface area contributed by atoms with E-state index in [2.05, 4.69) is 25.3 Å². The number of hydrogen-bond donors (Lipinski definition) is 2. The van der Waals surface area contributed by atoms with Crippen molar-refractivity contribution in [2.24, 2.45) is 0 Å². The SMILES string of the molecule is CC(C)(S)C(=O)C(C)(C)S. The molecule has 0 radical (unpaired) electrons. The van der Waals surface area contributed by atoms with Gasteiger partial charge in [0.05, 0.1) is 9.49 Å². The van der Waals surface area contributed by atoms with Crippen LogP contribution >= 0.6 is 25.3 Å². The first-order chi connectivity index (χ1) is 4.15. The largest absolute Gasteiger partial charge is 0.297 e. The fraction of sp³-hybridized carbons (Fsp3) is 0.857. The fourth-order valence-corrected chi connectivity index (χ4v) is 1.40. The van der Waals surface area contributed by atoms with Gasteiger partial charge in [-0.25, -0.2) is 0 Å². The van der Waals surface area contributed by atoms with Crippen LogP contribution in [0.2, 0.25) is 0 Å². The van der Waals surface area contributed by atoms with E-state index in [1.165, 1.54) is 0 Å². The number of carbonyl (C=O) groups is 1. The van der Waals surface area contributed by atoms with Crippen LogP contribution < -0.4 is 0 Å². The third-order valence-corrected chi connectivity index (χ3v) is 1.52. The van der Waals surface area contributed by atoms with E-state index in [1.807, 2.05) is 0 Å². The van der Waals surface area contributed by atoms with Crippen molar-refractivity contribution in [2.75, 3.05) is 0 Å². The van der Waals surface area contributed by atoms with Gasteiger partial charge in [0.2, 0.25) is 0 Å². The molecule has 10 heavy (non-hydrogen) atoms. The molecular weight excluding hydrogens is 164 g/mol. The van der Waals surface area contributed by atoms with Crippen molar-refractivity contribution in [2.45, 2.75) is 37.2 Å². The lowest BCUT2D eigenvalue weighted by Crippen LogP contribution is -2.38. The van der Waals surface area contributed by atoms with Gasteiger partial charge in [-0.1, -0.05) is 0 Å². The molecule has 0 aromatic heterocycles. The van der Waals surface area contributed by atoms with Crippen molar-refractivity contribution in [1.29, 1.82) is 0 Å². The maximum Gasteiger partial charge on any atom is 0.163 e. The van der Waals surface area contributed by atoms with Gasteiger partial charge in [0, 0.05) is 0 Å². The van der Waals surface area contributed by atoms with Crippen molar-refractivity contribution in [3.8, 4) is 0 Å². The van der Waals surface area contributed by atoms with E-state index in [4.69, 9.17) is 0 Å². The van der Waals surface area contributed by atoms with Crippen LogP contribution in [-0.4, -0.2) is 15.3 Å². The molecule has 0 aromatic carbocycles. The van der Waals surface area contributed by atoms with E-state index in [0.717, 1.165) is 0 Å². The molecule has 0 unspecified atom stereocenters. The van der Waals surface area contributed by atoms with Crippen LogP contribution in [-0.2, 0) is 4.79 Å². The third-order valence-electron chi connectivity index (χ3n) is 1.11. The average Bonchev–Trinajstić information content (AvgIpc) is 1.59. The van der Waals surface area contributed by atoms with Gasteiger partial charge in [-0.15, -0.1) is 0 Å². The molecular formula is C7H14OS2. The standard InChI is InChI=1S/C7H14OS2/c1-6(2,9)5(8)7(3,4)10/h9-10H,1-4H3. The molecule has 0 bridgehead atoms. The maximum absolute atomic E-state index is 11.3. The minimum Gasteiger partial charge on any atom is -0.297 e. The lowest BCUT2D eigenvalue weighted by Gasteiger charge is -2.25. The van der Waals surface area contributed by atoms with Crippen LogP contribution in [0.5, 0.6) is 0 Å². The highest BCUT2D eigenvalue weighted by Crippen LogP contribution is 2.25. The Morgan fingerprint density at radius 2 is 1.20 bits per heavy atom. The Labute approximate surface area is 73.4 Å². The first-order valence-corrected chi connectivity index (χ1v) is 4.05. The number of Topliss-reactive ketones (excluding diaryl/α,β-unsaturated/α-hetero) is 1. The van der Waals surface area contributed by atoms with Crippen LogP contribution in [0.3, 0.4) is 0 Å². The Hall–Kier alpha value is 0.370. The molecule has 0 amide bonds. The van der Waals surface area contributed by atoms with Crippen LogP contribution in [0.25, 0.3) is 0 Å². The summed E-state index contributed by atoms with van der Waals surface area (Å²) in [7, 11) is 0. The molecule has 0 fully saturated rings. The minimum atomic E-state index is -0.578. The number of carbonyl (C=O) groups excluding carboxylic acids is 1. The molecule has 1 nitrogen and oxygen atoms in total. The van der Waals surface area contributed by atoms with Crippen LogP contribution in [0.15, 0.2) is 0 Å². The molecule has 0 aliphatic rings. The zero-order chi connectivity index (χ0) is 8.58. The van der Waals surface area contributed by atoms with E-state index in [-0.39, 0.29) is 5.78 Å². The minimum absolute atomic E-state index is 0.0478. The topological polar surface area (TPSA) is 17.1 Å². The van der Waals surface area contributed by atoms with Crippen molar-refractivity contribution >= 4 is 31.0 Å². The molecule has 0 rings (SSSR count). The second-order valence-corrected chi connectivity index (χ2v) is 5.68. The molecule has 60 valence electrons. The first-order valence-electron chi connectivity index (χ1n) is 3.15. The van der Waals surface area contributed by atoms with Gasteiger partial charge < -0.3 is 0 Å². The van der Waals surface area contributed by atoms with E-state index >= 15 is 0 Å². The predicted octanol–water partition coefficient (Wildman–Crippen LogP) is 1.97. The fourth-order valence-electron chi connectivity index (χ4n) is 0.749. The van der Waals surface area contributed by atoms with E-state index < -0.39 is 9.49 Å². The van der Waals surface area contributed by atoms with Gasteiger partial charge in [0.1, 0.15) is 0 Å². The normalized spacial score (nSPS) is 13.4. The summed E-state index contributed by atoms with van der Waals surface area (Å²) >= 11 is 8.29. The zero-order valence-corrected chi connectivity index (χ0v) is 8.59. The molecule has 0 aromatic rings. The van der Waals surface area contributed by atoms with Crippen molar-refractivity contribution < 1.29 is 4.79 Å². The number of rotatable bonds is 2. The first kappa shape index (κ1) is 10.4. The number of hydrogen-bond acceptors (Lipinski definition) is 3. The van der Waals surface area contributed by atoms with Gasteiger partial charge in [0.25, 0.3) is 0 Å². The second-order valence-electron chi connectivity index (χ2n) is 3.45. The van der Waals surface area contributed by atoms with Crippen molar-refractivity contribution in [3.63, 3.8) is 0 Å². The summed E-state index contributed by atoms with van der Waals surface area (Å²) in [5.41, 5.74) is 0. The zero-order valence-electron chi connectivity index (χ0n) is 6.80. The summed E-state index contributed by atoms with van der Waals surface area (Å²) in [4.78, 5) is 11.3. The molecule has 0 saturated heterocycles. The van der Waals surface area contributed by atoms with E-state index in [0.29, 0.717) is 0 Å². The van der Waals surface area contributed by atoms with Crippen molar-refractivity contribution in [1.82, 2.24) is 0 Å². The Bertz CT molecular complexity index is 123. The van der Waals surface area contributed by atoms with Crippen LogP contribution in [0, 0.1) is 0 Å². The Morgan fingerprint density at radius 3 is 1.20 bits per heavy atom. The lowest BCUT2D eigenvalue weighted by atomic mass is 9.97. The Balaban J connectivity index is 4.40.